The third-order valence-electron chi connectivity index (χ3n) is 3.17. The zero-order chi connectivity index (χ0) is 10.8. The average Bonchev–Trinajstić information content (AvgIpc) is 2.64. The van der Waals surface area contributed by atoms with E-state index < -0.39 is 0 Å². The Kier molecular flexibility index (Phi) is 3.23. The minimum Gasteiger partial charge on any atom is -0.396 e. The van der Waals surface area contributed by atoms with Crippen LogP contribution >= 0.6 is 0 Å². The number of carbonyl (C=O) groups is 1. The van der Waals surface area contributed by atoms with Crippen LogP contribution in [-0.2, 0) is 9.53 Å². The summed E-state index contributed by atoms with van der Waals surface area (Å²) in [6, 6.07) is 0. The maximum absolute atomic E-state index is 11.8. The van der Waals surface area contributed by atoms with E-state index in [2.05, 4.69) is 0 Å². The van der Waals surface area contributed by atoms with Gasteiger partial charge in [0, 0.05) is 32.2 Å². The van der Waals surface area contributed by atoms with Gasteiger partial charge in [-0.25, -0.2) is 0 Å². The van der Waals surface area contributed by atoms with Crippen LogP contribution in [0.4, 0.5) is 0 Å². The first-order chi connectivity index (χ1) is 7.24. The molecule has 15 heavy (non-hydrogen) atoms. The van der Waals surface area contributed by atoms with Crippen molar-refractivity contribution in [3.8, 4) is 0 Å². The van der Waals surface area contributed by atoms with E-state index in [1.807, 2.05) is 0 Å². The number of carbonyl (C=O) groups excluding carboxylic acids is 1. The smallest absolute Gasteiger partial charge is 0.251 e. The van der Waals surface area contributed by atoms with Gasteiger partial charge >= 0.3 is 0 Å². The summed E-state index contributed by atoms with van der Waals surface area (Å²) in [7, 11) is 0. The molecule has 0 bridgehead atoms. The van der Waals surface area contributed by atoms with E-state index >= 15 is 0 Å². The van der Waals surface area contributed by atoms with Gasteiger partial charge in [0.2, 0.25) is 0 Å². The lowest BCUT2D eigenvalue weighted by atomic mass is 10.00. The molecule has 0 aromatic heterocycles. The van der Waals surface area contributed by atoms with Gasteiger partial charge in [0.1, 0.15) is 6.10 Å². The van der Waals surface area contributed by atoms with Gasteiger partial charge in [0.15, 0.2) is 0 Å². The molecule has 0 spiro atoms. The molecule has 2 saturated heterocycles. The van der Waals surface area contributed by atoms with Crippen LogP contribution in [0.3, 0.4) is 0 Å². The first-order valence-electron chi connectivity index (χ1n) is 5.49. The van der Waals surface area contributed by atoms with Crippen molar-refractivity contribution in [1.29, 1.82) is 0 Å². The number of aliphatic hydroxyl groups excluding tert-OH is 1. The van der Waals surface area contributed by atoms with E-state index in [1.54, 1.807) is 4.90 Å². The molecule has 2 fully saturated rings. The van der Waals surface area contributed by atoms with Gasteiger partial charge in [-0.2, -0.15) is 0 Å². The number of likely N-dealkylation sites (tertiary alicyclic amines) is 1. The van der Waals surface area contributed by atoms with Gasteiger partial charge in [0.25, 0.3) is 5.91 Å². The fourth-order valence-corrected chi connectivity index (χ4v) is 2.13. The maximum atomic E-state index is 11.8. The lowest BCUT2D eigenvalue weighted by Gasteiger charge is -2.39. The average molecular weight is 214 g/mol. The number of rotatable bonds is 3. The van der Waals surface area contributed by atoms with Crippen molar-refractivity contribution in [3.63, 3.8) is 0 Å². The topological polar surface area (TPSA) is 75.8 Å². The van der Waals surface area contributed by atoms with E-state index in [9.17, 15) is 4.79 Å². The summed E-state index contributed by atoms with van der Waals surface area (Å²) in [5, 5.41) is 8.85. The second kappa shape index (κ2) is 4.47. The standard InChI is InChI=1S/C10H18N2O3/c11-3-8-1-2-9(15-8)10(14)12-4-7(5-12)6-13/h7-9,13H,1-6,11H2. The van der Waals surface area contributed by atoms with E-state index in [0.29, 0.717) is 19.6 Å². The van der Waals surface area contributed by atoms with Gasteiger partial charge < -0.3 is 20.5 Å². The minimum absolute atomic E-state index is 0.0499. The van der Waals surface area contributed by atoms with Gasteiger partial charge in [0.05, 0.1) is 6.10 Å². The number of nitrogens with zero attached hydrogens (tertiary/aromatic N) is 1. The number of aliphatic hydroxyl groups is 1. The van der Waals surface area contributed by atoms with Crippen LogP contribution in [0, 0.1) is 5.92 Å². The molecule has 0 saturated carbocycles. The number of ether oxygens (including phenoxy) is 1. The quantitative estimate of drug-likeness (QED) is 0.628. The summed E-state index contributed by atoms with van der Waals surface area (Å²) in [5.41, 5.74) is 5.48. The highest BCUT2D eigenvalue weighted by atomic mass is 16.5. The molecule has 2 atom stereocenters. The molecule has 5 heteroatoms. The second-order valence-corrected chi connectivity index (χ2v) is 4.35. The number of amides is 1. The number of hydrogen-bond acceptors (Lipinski definition) is 4. The minimum atomic E-state index is -0.293. The normalized spacial score (nSPS) is 31.7. The fourth-order valence-electron chi connectivity index (χ4n) is 2.13. The fraction of sp³-hybridized carbons (Fsp3) is 0.900. The molecule has 0 radical (unpaired) electrons. The molecule has 86 valence electrons. The first-order valence-corrected chi connectivity index (χ1v) is 5.49. The molecule has 1 amide bonds. The Morgan fingerprint density at radius 1 is 1.47 bits per heavy atom. The van der Waals surface area contributed by atoms with Crippen molar-refractivity contribution in [2.75, 3.05) is 26.2 Å². The molecule has 2 rings (SSSR count). The summed E-state index contributed by atoms with van der Waals surface area (Å²) < 4.78 is 5.52. The Balaban J connectivity index is 1.78. The molecule has 0 aromatic carbocycles. The van der Waals surface area contributed by atoms with Crippen molar-refractivity contribution >= 4 is 5.91 Å². The van der Waals surface area contributed by atoms with E-state index in [-0.39, 0.29) is 30.6 Å². The van der Waals surface area contributed by atoms with Crippen LogP contribution < -0.4 is 5.73 Å². The third-order valence-corrected chi connectivity index (χ3v) is 3.17. The largest absolute Gasteiger partial charge is 0.396 e. The molecule has 2 unspecified atom stereocenters. The van der Waals surface area contributed by atoms with Crippen LogP contribution in [0.5, 0.6) is 0 Å². The highest BCUT2D eigenvalue weighted by Gasteiger charge is 2.37. The molecule has 2 aliphatic rings. The van der Waals surface area contributed by atoms with Crippen LogP contribution in [-0.4, -0.2) is 54.4 Å². The van der Waals surface area contributed by atoms with Crippen LogP contribution in [0.15, 0.2) is 0 Å². The highest BCUT2D eigenvalue weighted by Crippen LogP contribution is 2.24. The van der Waals surface area contributed by atoms with E-state index in [4.69, 9.17) is 15.6 Å². The molecular formula is C10H18N2O3. The Morgan fingerprint density at radius 3 is 2.73 bits per heavy atom. The van der Waals surface area contributed by atoms with Crippen molar-refractivity contribution in [1.82, 2.24) is 4.90 Å². The molecular weight excluding hydrogens is 196 g/mol. The van der Waals surface area contributed by atoms with Gasteiger partial charge in [-0.3, -0.25) is 4.79 Å². The summed E-state index contributed by atoms with van der Waals surface area (Å²) in [5.74, 6) is 0.330. The van der Waals surface area contributed by atoms with E-state index in [0.717, 1.165) is 12.8 Å². The maximum Gasteiger partial charge on any atom is 0.251 e. The van der Waals surface area contributed by atoms with E-state index in [1.165, 1.54) is 0 Å². The van der Waals surface area contributed by atoms with Crippen molar-refractivity contribution in [3.05, 3.63) is 0 Å². The molecule has 5 nitrogen and oxygen atoms in total. The summed E-state index contributed by atoms with van der Waals surface area (Å²) in [4.78, 5) is 13.6. The lowest BCUT2D eigenvalue weighted by molar-refractivity contribution is -0.150. The zero-order valence-corrected chi connectivity index (χ0v) is 8.76. The highest BCUT2D eigenvalue weighted by molar-refractivity contribution is 5.82. The lowest BCUT2D eigenvalue weighted by Crippen LogP contribution is -2.54. The summed E-state index contributed by atoms with van der Waals surface area (Å²) in [6.45, 7) is 1.99. The Hall–Kier alpha value is -0.650. The Bertz CT molecular complexity index is 241. The molecule has 2 heterocycles. The molecule has 3 N–H and O–H groups in total. The second-order valence-electron chi connectivity index (χ2n) is 4.35. The van der Waals surface area contributed by atoms with Crippen molar-refractivity contribution in [2.45, 2.75) is 25.0 Å². The third kappa shape index (κ3) is 2.14. The Labute approximate surface area is 89.2 Å². The molecule has 2 aliphatic heterocycles. The van der Waals surface area contributed by atoms with Gasteiger partial charge in [-0.15, -0.1) is 0 Å². The van der Waals surface area contributed by atoms with Crippen LogP contribution in [0.2, 0.25) is 0 Å². The van der Waals surface area contributed by atoms with Gasteiger partial charge in [-0.05, 0) is 12.8 Å². The van der Waals surface area contributed by atoms with Crippen LogP contribution in [0.25, 0.3) is 0 Å². The first kappa shape index (κ1) is 10.9. The number of hydrogen-bond donors (Lipinski definition) is 2. The predicted molar refractivity (Wildman–Crippen MR) is 54.1 cm³/mol. The predicted octanol–water partition coefficient (Wildman–Crippen LogP) is -1.06. The van der Waals surface area contributed by atoms with Crippen LogP contribution in [0.1, 0.15) is 12.8 Å². The Morgan fingerprint density at radius 2 is 2.20 bits per heavy atom. The summed E-state index contributed by atoms with van der Waals surface area (Å²) >= 11 is 0. The molecule has 0 aliphatic carbocycles. The van der Waals surface area contributed by atoms with Crippen molar-refractivity contribution in [2.24, 2.45) is 11.7 Å². The SMILES string of the molecule is NCC1CCC(C(=O)N2CC(CO)C2)O1. The molecule has 0 aromatic rings. The monoisotopic (exact) mass is 214 g/mol. The van der Waals surface area contributed by atoms with Gasteiger partial charge in [-0.1, -0.05) is 0 Å². The zero-order valence-electron chi connectivity index (χ0n) is 8.76. The number of nitrogens with two attached hydrogens (primary N) is 1. The van der Waals surface area contributed by atoms with Crippen molar-refractivity contribution < 1.29 is 14.6 Å². The summed E-state index contributed by atoms with van der Waals surface area (Å²) in [6.07, 6.45) is 1.41.